The lowest BCUT2D eigenvalue weighted by molar-refractivity contribution is 0.311. The van der Waals surface area contributed by atoms with Gasteiger partial charge in [-0.2, -0.15) is 0 Å². The average Bonchev–Trinajstić information content (AvgIpc) is 2.47. The smallest absolute Gasteiger partial charge is 0.119 e. The highest BCUT2D eigenvalue weighted by Crippen LogP contribution is 2.13. The molecule has 20 heavy (non-hydrogen) atoms. The summed E-state index contributed by atoms with van der Waals surface area (Å²) in [5.41, 5.74) is 8.15. The Morgan fingerprint density at radius 1 is 0.800 bits per heavy atom. The van der Waals surface area contributed by atoms with E-state index >= 15 is 0 Å². The number of nitrogens with two attached hydrogens (primary N) is 1. The van der Waals surface area contributed by atoms with Crippen molar-refractivity contribution in [2.75, 3.05) is 13.2 Å². The van der Waals surface area contributed by atoms with Crippen LogP contribution in [-0.2, 0) is 12.8 Å². The fraction of sp³-hybridized carbons (Fsp3) is 0.294. The van der Waals surface area contributed by atoms with Crippen LogP contribution >= 0.6 is 12.4 Å². The first-order chi connectivity index (χ1) is 9.38. The predicted molar refractivity (Wildman–Crippen MR) is 86.7 cm³/mol. The van der Waals surface area contributed by atoms with Gasteiger partial charge in [-0.25, -0.2) is 0 Å². The van der Waals surface area contributed by atoms with Crippen LogP contribution in [0.5, 0.6) is 5.75 Å². The van der Waals surface area contributed by atoms with E-state index in [2.05, 4.69) is 36.4 Å². The molecule has 0 aliphatic carbocycles. The summed E-state index contributed by atoms with van der Waals surface area (Å²) in [5.74, 6) is 0.939. The predicted octanol–water partition coefficient (Wildman–Crippen LogP) is 3.62. The molecule has 0 saturated carbocycles. The third-order valence-electron chi connectivity index (χ3n) is 3.08. The van der Waals surface area contributed by atoms with Crippen molar-refractivity contribution in [3.63, 3.8) is 0 Å². The molecule has 0 unspecified atom stereocenters. The van der Waals surface area contributed by atoms with Gasteiger partial charge in [0.1, 0.15) is 5.75 Å². The Bertz CT molecular complexity index is 470. The zero-order valence-corrected chi connectivity index (χ0v) is 12.4. The number of halogens is 1. The Morgan fingerprint density at radius 2 is 1.45 bits per heavy atom. The van der Waals surface area contributed by atoms with Crippen molar-refractivity contribution in [2.24, 2.45) is 5.73 Å². The summed E-state index contributed by atoms with van der Waals surface area (Å²) in [7, 11) is 0. The van der Waals surface area contributed by atoms with Gasteiger partial charge in [0.2, 0.25) is 0 Å². The molecule has 2 rings (SSSR count). The van der Waals surface area contributed by atoms with Crippen LogP contribution in [0.25, 0.3) is 0 Å². The topological polar surface area (TPSA) is 35.2 Å². The average molecular weight is 292 g/mol. The van der Waals surface area contributed by atoms with Crippen molar-refractivity contribution in [3.8, 4) is 5.75 Å². The van der Waals surface area contributed by atoms with Gasteiger partial charge in [0.15, 0.2) is 0 Å². The normalized spacial score (nSPS) is 9.85. The van der Waals surface area contributed by atoms with Gasteiger partial charge in [0.05, 0.1) is 6.61 Å². The monoisotopic (exact) mass is 291 g/mol. The number of hydrogen-bond donors (Lipinski definition) is 1. The van der Waals surface area contributed by atoms with Gasteiger partial charge in [0.25, 0.3) is 0 Å². The molecule has 0 aliphatic heterocycles. The minimum atomic E-state index is 0. The van der Waals surface area contributed by atoms with Crippen molar-refractivity contribution >= 4 is 12.4 Å². The highest BCUT2D eigenvalue weighted by Gasteiger charge is 1.96. The second kappa shape index (κ2) is 9.40. The van der Waals surface area contributed by atoms with Crippen molar-refractivity contribution in [3.05, 3.63) is 65.7 Å². The van der Waals surface area contributed by atoms with Gasteiger partial charge >= 0.3 is 0 Å². The lowest BCUT2D eigenvalue weighted by Gasteiger charge is -2.07. The van der Waals surface area contributed by atoms with Gasteiger partial charge in [-0.15, -0.1) is 12.4 Å². The van der Waals surface area contributed by atoms with E-state index in [-0.39, 0.29) is 12.4 Å². The third kappa shape index (κ3) is 5.64. The molecule has 0 radical (unpaired) electrons. The van der Waals surface area contributed by atoms with Gasteiger partial charge in [-0.05, 0) is 49.1 Å². The maximum absolute atomic E-state index is 5.73. The van der Waals surface area contributed by atoms with Crippen molar-refractivity contribution in [2.45, 2.75) is 19.3 Å². The fourth-order valence-corrected chi connectivity index (χ4v) is 2.03. The summed E-state index contributed by atoms with van der Waals surface area (Å²) in [5, 5.41) is 0. The Kier molecular flexibility index (Phi) is 7.78. The molecular weight excluding hydrogens is 270 g/mol. The van der Waals surface area contributed by atoms with Crippen LogP contribution in [0.4, 0.5) is 0 Å². The van der Waals surface area contributed by atoms with Crippen LogP contribution < -0.4 is 10.5 Å². The van der Waals surface area contributed by atoms with Crippen LogP contribution in [-0.4, -0.2) is 13.2 Å². The van der Waals surface area contributed by atoms with Crippen LogP contribution in [0, 0.1) is 0 Å². The third-order valence-corrected chi connectivity index (χ3v) is 3.08. The maximum Gasteiger partial charge on any atom is 0.119 e. The molecule has 0 heterocycles. The standard InChI is InChI=1S/C17H21NO.ClH/c18-13-12-16-8-10-17(11-9-16)19-14-4-7-15-5-2-1-3-6-15;/h1-3,5-6,8-11H,4,7,12-14,18H2;1H. The molecule has 108 valence electrons. The molecule has 0 aliphatic rings. The molecule has 2 aromatic rings. The second-order valence-electron chi connectivity index (χ2n) is 4.62. The summed E-state index contributed by atoms with van der Waals surface area (Å²) < 4.78 is 5.73. The number of ether oxygens (including phenoxy) is 1. The van der Waals surface area contributed by atoms with Crippen LogP contribution in [0.1, 0.15) is 17.5 Å². The van der Waals surface area contributed by atoms with Gasteiger partial charge < -0.3 is 10.5 Å². The van der Waals surface area contributed by atoms with Crippen LogP contribution in [0.15, 0.2) is 54.6 Å². The number of aryl methyl sites for hydroxylation is 1. The lowest BCUT2D eigenvalue weighted by Crippen LogP contribution is -2.03. The largest absolute Gasteiger partial charge is 0.494 e. The first kappa shape index (κ1) is 16.5. The van der Waals surface area contributed by atoms with E-state index in [1.54, 1.807) is 0 Å². The molecule has 0 aromatic heterocycles. The Balaban J connectivity index is 0.00000200. The molecular formula is C17H22ClNO. The summed E-state index contributed by atoms with van der Waals surface area (Å²) in [6.07, 6.45) is 3.02. The van der Waals surface area contributed by atoms with Crippen molar-refractivity contribution in [1.29, 1.82) is 0 Å². The van der Waals surface area contributed by atoms with E-state index in [1.165, 1.54) is 11.1 Å². The Labute approximate surface area is 127 Å². The zero-order chi connectivity index (χ0) is 13.3. The number of hydrogen-bond acceptors (Lipinski definition) is 2. The first-order valence-corrected chi connectivity index (χ1v) is 6.84. The minimum Gasteiger partial charge on any atom is -0.494 e. The van der Waals surface area contributed by atoms with Crippen LogP contribution in [0.3, 0.4) is 0 Å². The summed E-state index contributed by atoms with van der Waals surface area (Å²) >= 11 is 0. The molecule has 0 saturated heterocycles. The Morgan fingerprint density at radius 3 is 2.10 bits per heavy atom. The van der Waals surface area contributed by atoms with E-state index in [1.807, 2.05) is 18.2 Å². The highest BCUT2D eigenvalue weighted by molar-refractivity contribution is 5.85. The number of benzene rings is 2. The van der Waals surface area contributed by atoms with E-state index < -0.39 is 0 Å². The molecule has 2 nitrogen and oxygen atoms in total. The number of rotatable bonds is 7. The summed E-state index contributed by atoms with van der Waals surface area (Å²) in [6, 6.07) is 18.7. The van der Waals surface area contributed by atoms with E-state index in [4.69, 9.17) is 10.5 Å². The summed E-state index contributed by atoms with van der Waals surface area (Å²) in [6.45, 7) is 1.45. The van der Waals surface area contributed by atoms with E-state index in [9.17, 15) is 0 Å². The van der Waals surface area contributed by atoms with Crippen molar-refractivity contribution < 1.29 is 4.74 Å². The van der Waals surface area contributed by atoms with Crippen LogP contribution in [0.2, 0.25) is 0 Å². The van der Waals surface area contributed by atoms with Gasteiger partial charge in [0, 0.05) is 0 Å². The molecule has 0 bridgehead atoms. The molecule has 3 heteroatoms. The van der Waals surface area contributed by atoms with Crippen molar-refractivity contribution in [1.82, 2.24) is 0 Å². The SMILES string of the molecule is Cl.NCCc1ccc(OCCCc2ccccc2)cc1. The molecule has 0 fully saturated rings. The molecule has 2 aromatic carbocycles. The maximum atomic E-state index is 5.73. The first-order valence-electron chi connectivity index (χ1n) is 6.84. The molecule has 2 N–H and O–H groups in total. The quantitative estimate of drug-likeness (QED) is 0.791. The second-order valence-corrected chi connectivity index (χ2v) is 4.62. The minimum absolute atomic E-state index is 0. The zero-order valence-electron chi connectivity index (χ0n) is 11.6. The highest BCUT2D eigenvalue weighted by atomic mass is 35.5. The Hall–Kier alpha value is -1.51. The fourth-order valence-electron chi connectivity index (χ4n) is 2.03. The summed E-state index contributed by atoms with van der Waals surface area (Å²) in [4.78, 5) is 0. The lowest BCUT2D eigenvalue weighted by atomic mass is 10.1. The van der Waals surface area contributed by atoms with Gasteiger partial charge in [-0.3, -0.25) is 0 Å². The molecule has 0 amide bonds. The van der Waals surface area contributed by atoms with E-state index in [0.717, 1.165) is 31.6 Å². The molecule has 0 atom stereocenters. The van der Waals surface area contributed by atoms with Gasteiger partial charge in [-0.1, -0.05) is 42.5 Å². The molecule has 0 spiro atoms. The van der Waals surface area contributed by atoms with E-state index in [0.29, 0.717) is 6.54 Å².